The van der Waals surface area contributed by atoms with Gasteiger partial charge in [-0.25, -0.2) is 0 Å². The molecule has 3 aliphatic rings. The number of ether oxygens (including phenoxy) is 1. The van der Waals surface area contributed by atoms with Crippen molar-refractivity contribution in [2.24, 2.45) is 5.92 Å². The van der Waals surface area contributed by atoms with Crippen LogP contribution in [0.4, 0.5) is 0 Å². The molecule has 1 aromatic rings. The van der Waals surface area contributed by atoms with E-state index in [0.29, 0.717) is 11.1 Å². The van der Waals surface area contributed by atoms with Gasteiger partial charge in [-0.15, -0.1) is 0 Å². The van der Waals surface area contributed by atoms with Gasteiger partial charge in [-0.3, -0.25) is 14.4 Å². The van der Waals surface area contributed by atoms with Gasteiger partial charge in [0.1, 0.15) is 18.3 Å². The Hall–Kier alpha value is -2.43. The highest BCUT2D eigenvalue weighted by Gasteiger charge is 2.46. The zero-order chi connectivity index (χ0) is 17.2. The van der Waals surface area contributed by atoms with Crippen molar-refractivity contribution in [3.05, 3.63) is 40.0 Å². The summed E-state index contributed by atoms with van der Waals surface area (Å²) >= 11 is 0. The fraction of sp³-hybridized carbons (Fsp3) is 0.421. The molecule has 4 rings (SSSR count). The summed E-state index contributed by atoms with van der Waals surface area (Å²) < 4.78 is 5.54. The van der Waals surface area contributed by atoms with Gasteiger partial charge in [-0.1, -0.05) is 26.0 Å². The van der Waals surface area contributed by atoms with Crippen LogP contribution in [0.1, 0.15) is 53.7 Å². The molecule has 5 nitrogen and oxygen atoms in total. The lowest BCUT2D eigenvalue weighted by Crippen LogP contribution is -2.32. The van der Waals surface area contributed by atoms with E-state index in [0.717, 1.165) is 30.4 Å². The van der Waals surface area contributed by atoms with Gasteiger partial charge in [0, 0.05) is 11.1 Å². The number of carboxylic acid groups (broad SMARTS) is 1. The minimum atomic E-state index is -1.14. The molecule has 1 aromatic carbocycles. The molecule has 5 heteroatoms. The van der Waals surface area contributed by atoms with Gasteiger partial charge in [0.25, 0.3) is 0 Å². The maximum Gasteiger partial charge on any atom is 0.314 e. The SMILES string of the molecule is CC1(C)CCCc2c1ccc1c2C(=O)C(=O)C2=C1OCC2C(=O)O. The molecule has 0 spiro atoms. The third-order valence-electron chi connectivity index (χ3n) is 5.48. The predicted octanol–water partition coefficient (Wildman–Crippen LogP) is 2.51. The highest BCUT2D eigenvalue weighted by atomic mass is 16.5. The minimum absolute atomic E-state index is 0.00928. The molecule has 124 valence electrons. The Bertz CT molecular complexity index is 844. The lowest BCUT2D eigenvalue weighted by Gasteiger charge is -2.35. The van der Waals surface area contributed by atoms with Crippen LogP contribution in [0.15, 0.2) is 17.7 Å². The Morgan fingerprint density at radius 3 is 2.71 bits per heavy atom. The normalized spacial score (nSPS) is 24.2. The van der Waals surface area contributed by atoms with Gasteiger partial charge >= 0.3 is 5.97 Å². The summed E-state index contributed by atoms with van der Waals surface area (Å²) in [5, 5.41) is 9.29. The number of carbonyl (C=O) groups excluding carboxylic acids is 2. The van der Waals surface area contributed by atoms with Crippen LogP contribution in [0.3, 0.4) is 0 Å². The molecule has 1 N–H and O–H groups in total. The van der Waals surface area contributed by atoms with Crippen molar-refractivity contribution >= 4 is 23.3 Å². The number of carboxylic acids is 1. The van der Waals surface area contributed by atoms with Gasteiger partial charge in [0.05, 0.1) is 5.57 Å². The summed E-state index contributed by atoms with van der Waals surface area (Å²) in [5.74, 6) is -3.22. The average Bonchev–Trinajstić information content (AvgIpc) is 2.97. The van der Waals surface area contributed by atoms with Gasteiger partial charge in [0.15, 0.2) is 0 Å². The average molecular weight is 326 g/mol. The van der Waals surface area contributed by atoms with E-state index in [9.17, 15) is 19.5 Å². The van der Waals surface area contributed by atoms with E-state index in [-0.39, 0.29) is 23.4 Å². The van der Waals surface area contributed by atoms with Gasteiger partial charge in [0.2, 0.25) is 11.6 Å². The van der Waals surface area contributed by atoms with E-state index in [4.69, 9.17) is 4.74 Å². The van der Waals surface area contributed by atoms with E-state index >= 15 is 0 Å². The molecule has 1 aliphatic heterocycles. The molecule has 0 fully saturated rings. The molecule has 1 atom stereocenters. The van der Waals surface area contributed by atoms with Crippen LogP contribution in [0.2, 0.25) is 0 Å². The van der Waals surface area contributed by atoms with Crippen LogP contribution in [-0.4, -0.2) is 29.2 Å². The Balaban J connectivity index is 1.98. The standard InChI is InChI=1S/C19H18O5/c1-19(2)7-3-4-9-12(19)6-5-10-13(9)15(20)16(21)14-11(18(22)23)8-24-17(10)14/h5-6,11H,3-4,7-8H2,1-2H3,(H,22,23). The third-order valence-corrected chi connectivity index (χ3v) is 5.48. The third kappa shape index (κ3) is 1.84. The smallest absolute Gasteiger partial charge is 0.314 e. The predicted molar refractivity (Wildman–Crippen MR) is 85.7 cm³/mol. The van der Waals surface area contributed by atoms with Crippen molar-refractivity contribution in [3.63, 3.8) is 0 Å². The molecule has 1 heterocycles. The first-order valence-electron chi connectivity index (χ1n) is 8.18. The Morgan fingerprint density at radius 2 is 2.00 bits per heavy atom. The zero-order valence-electron chi connectivity index (χ0n) is 13.6. The van der Waals surface area contributed by atoms with Crippen LogP contribution in [-0.2, 0) is 26.2 Å². The lowest BCUT2D eigenvalue weighted by atomic mass is 9.69. The van der Waals surface area contributed by atoms with E-state index < -0.39 is 23.5 Å². The molecule has 24 heavy (non-hydrogen) atoms. The van der Waals surface area contributed by atoms with Crippen LogP contribution >= 0.6 is 0 Å². The van der Waals surface area contributed by atoms with Crippen LogP contribution in [0.25, 0.3) is 5.76 Å². The zero-order valence-corrected chi connectivity index (χ0v) is 13.6. The Morgan fingerprint density at radius 1 is 1.25 bits per heavy atom. The van der Waals surface area contributed by atoms with Crippen molar-refractivity contribution in [2.75, 3.05) is 6.61 Å². The van der Waals surface area contributed by atoms with E-state index in [1.165, 1.54) is 0 Å². The maximum atomic E-state index is 12.8. The van der Waals surface area contributed by atoms with E-state index in [1.54, 1.807) is 0 Å². The highest BCUT2D eigenvalue weighted by Crippen LogP contribution is 2.45. The fourth-order valence-electron chi connectivity index (χ4n) is 4.23. The quantitative estimate of drug-likeness (QED) is 0.802. The molecule has 0 radical (unpaired) electrons. The number of benzene rings is 1. The molecule has 0 amide bonds. The Labute approximate surface area is 139 Å². The number of fused-ring (bicyclic) bond motifs is 4. The highest BCUT2D eigenvalue weighted by molar-refractivity contribution is 6.53. The fourth-order valence-corrected chi connectivity index (χ4v) is 4.23. The minimum Gasteiger partial charge on any atom is -0.491 e. The number of hydrogen-bond acceptors (Lipinski definition) is 4. The number of ketones is 2. The van der Waals surface area contributed by atoms with Gasteiger partial charge < -0.3 is 9.84 Å². The molecule has 1 unspecified atom stereocenters. The first kappa shape index (κ1) is 15.1. The molecule has 2 aliphatic carbocycles. The van der Waals surface area contributed by atoms with Crippen molar-refractivity contribution in [1.82, 2.24) is 0 Å². The van der Waals surface area contributed by atoms with Crippen LogP contribution < -0.4 is 0 Å². The molecule has 0 saturated heterocycles. The molecule has 0 saturated carbocycles. The summed E-state index contributed by atoms with van der Waals surface area (Å²) in [6.07, 6.45) is 2.75. The number of carbonyl (C=O) groups is 3. The van der Waals surface area contributed by atoms with Gasteiger partial charge in [-0.05, 0) is 35.8 Å². The van der Waals surface area contributed by atoms with Gasteiger partial charge in [-0.2, -0.15) is 0 Å². The monoisotopic (exact) mass is 326 g/mol. The first-order valence-corrected chi connectivity index (χ1v) is 8.18. The van der Waals surface area contributed by atoms with Crippen molar-refractivity contribution < 1.29 is 24.2 Å². The summed E-state index contributed by atoms with van der Waals surface area (Å²) in [6, 6.07) is 3.81. The Kier molecular flexibility index (Phi) is 3.02. The first-order chi connectivity index (χ1) is 11.3. The number of hydrogen-bond donors (Lipinski definition) is 1. The molecule has 0 bridgehead atoms. The second-order valence-electron chi connectivity index (χ2n) is 7.35. The number of Topliss-reactive ketones (excluding diaryl/α,β-unsaturated/α-hetero) is 2. The maximum absolute atomic E-state index is 12.8. The van der Waals surface area contributed by atoms with Crippen molar-refractivity contribution in [1.29, 1.82) is 0 Å². The topological polar surface area (TPSA) is 80.7 Å². The van der Waals surface area contributed by atoms with Crippen LogP contribution in [0, 0.1) is 5.92 Å². The van der Waals surface area contributed by atoms with Crippen LogP contribution in [0.5, 0.6) is 0 Å². The largest absolute Gasteiger partial charge is 0.491 e. The molecule has 0 aromatic heterocycles. The van der Waals surface area contributed by atoms with Crippen molar-refractivity contribution in [2.45, 2.75) is 38.5 Å². The second kappa shape index (κ2) is 4.79. The summed E-state index contributed by atoms with van der Waals surface area (Å²) in [7, 11) is 0. The van der Waals surface area contributed by atoms with E-state index in [2.05, 4.69) is 13.8 Å². The van der Waals surface area contributed by atoms with Crippen molar-refractivity contribution in [3.8, 4) is 0 Å². The number of aliphatic carboxylic acids is 1. The lowest BCUT2D eigenvalue weighted by molar-refractivity contribution is -0.141. The van der Waals surface area contributed by atoms with E-state index in [1.807, 2.05) is 12.1 Å². The summed E-state index contributed by atoms with van der Waals surface area (Å²) in [6.45, 7) is 4.19. The summed E-state index contributed by atoms with van der Waals surface area (Å²) in [5.41, 5.74) is 3.00. The summed E-state index contributed by atoms with van der Waals surface area (Å²) in [4.78, 5) is 36.7. The number of rotatable bonds is 1. The molecular formula is C19H18O5. The molecular weight excluding hydrogens is 308 g/mol. The second-order valence-corrected chi connectivity index (χ2v) is 7.35.